The van der Waals surface area contributed by atoms with Crippen molar-refractivity contribution in [1.29, 1.82) is 0 Å². The fraction of sp³-hybridized carbons (Fsp3) is 0.267. The zero-order chi connectivity index (χ0) is 17.1. The Balaban J connectivity index is 2.33. The molecule has 0 amide bonds. The third-order valence-electron chi connectivity index (χ3n) is 3.17. The highest BCUT2D eigenvalue weighted by Crippen LogP contribution is 2.25. The van der Waals surface area contributed by atoms with E-state index in [0.717, 1.165) is 5.69 Å². The summed E-state index contributed by atoms with van der Waals surface area (Å²) in [5, 5.41) is 5.07. The molecule has 0 aliphatic heterocycles. The van der Waals surface area contributed by atoms with E-state index < -0.39 is 18.5 Å². The number of hydrogen-bond acceptors (Lipinski definition) is 5. The number of carbonyl (C=O) groups excluding carboxylic acids is 2. The molecule has 2 rings (SSSR count). The van der Waals surface area contributed by atoms with Crippen LogP contribution < -0.4 is 0 Å². The maximum atomic E-state index is 12.1. The van der Waals surface area contributed by atoms with E-state index in [0.29, 0.717) is 16.4 Å². The highest BCUT2D eigenvalue weighted by atomic mass is 35.5. The number of aromatic nitrogens is 2. The van der Waals surface area contributed by atoms with Crippen LogP contribution in [0.2, 0.25) is 10.0 Å². The lowest BCUT2D eigenvalue weighted by Crippen LogP contribution is -2.15. The average Bonchev–Trinajstić information content (AvgIpc) is 2.80. The number of esters is 2. The van der Waals surface area contributed by atoms with Gasteiger partial charge in [0, 0.05) is 0 Å². The predicted octanol–water partition coefficient (Wildman–Crippen LogP) is 3.13. The highest BCUT2D eigenvalue weighted by molar-refractivity contribution is 6.33. The molecule has 6 nitrogen and oxygen atoms in total. The molecule has 0 radical (unpaired) electrons. The van der Waals surface area contributed by atoms with Crippen LogP contribution in [0.25, 0.3) is 5.69 Å². The Hall–Kier alpha value is -2.05. The molecule has 0 saturated carbocycles. The van der Waals surface area contributed by atoms with E-state index in [1.807, 2.05) is 6.92 Å². The molecule has 0 bridgehead atoms. The minimum Gasteiger partial charge on any atom is -0.466 e. The molecule has 8 heteroatoms. The predicted molar refractivity (Wildman–Crippen MR) is 85.4 cm³/mol. The number of benzene rings is 1. The number of carbonyl (C=O) groups is 2. The molecular formula is C15H14Cl2N2O4. The summed E-state index contributed by atoms with van der Waals surface area (Å²) in [6, 6.07) is 4.78. The summed E-state index contributed by atoms with van der Waals surface area (Å²) < 4.78 is 10.9. The van der Waals surface area contributed by atoms with Crippen LogP contribution in [-0.2, 0) is 14.3 Å². The van der Waals surface area contributed by atoms with Crippen molar-refractivity contribution in [3.05, 3.63) is 45.2 Å². The molecule has 122 valence electrons. The fourth-order valence-corrected chi connectivity index (χ4v) is 2.25. The van der Waals surface area contributed by atoms with Crippen molar-refractivity contribution in [2.75, 3.05) is 13.7 Å². The van der Waals surface area contributed by atoms with Gasteiger partial charge in [-0.1, -0.05) is 23.2 Å². The zero-order valence-corrected chi connectivity index (χ0v) is 14.2. The molecule has 0 spiro atoms. The number of hydrogen-bond donors (Lipinski definition) is 0. The molecule has 0 fully saturated rings. The number of aryl methyl sites for hydroxylation is 1. The fourth-order valence-electron chi connectivity index (χ4n) is 1.94. The van der Waals surface area contributed by atoms with Crippen molar-refractivity contribution in [3.63, 3.8) is 0 Å². The van der Waals surface area contributed by atoms with E-state index >= 15 is 0 Å². The maximum absolute atomic E-state index is 12.1. The van der Waals surface area contributed by atoms with Gasteiger partial charge in [0.05, 0.1) is 39.8 Å². The third kappa shape index (κ3) is 3.65. The van der Waals surface area contributed by atoms with Crippen LogP contribution in [0.4, 0.5) is 0 Å². The van der Waals surface area contributed by atoms with E-state index in [9.17, 15) is 9.59 Å². The normalized spacial score (nSPS) is 10.5. The second-order valence-corrected chi connectivity index (χ2v) is 5.50. The van der Waals surface area contributed by atoms with Gasteiger partial charge < -0.3 is 9.47 Å². The summed E-state index contributed by atoms with van der Waals surface area (Å²) in [5.74, 6) is -1.38. The first kappa shape index (κ1) is 17.3. The molecule has 0 aliphatic rings. The second kappa shape index (κ2) is 7.02. The van der Waals surface area contributed by atoms with Gasteiger partial charge in [-0.2, -0.15) is 5.10 Å². The molecular weight excluding hydrogens is 343 g/mol. The van der Waals surface area contributed by atoms with Gasteiger partial charge in [0.15, 0.2) is 6.61 Å². The SMILES string of the molecule is COC(=O)COC(=O)c1cc(-n2nc(C)c(Cl)c2C)ccc1Cl. The van der Waals surface area contributed by atoms with Gasteiger partial charge in [-0.15, -0.1) is 0 Å². The quantitative estimate of drug-likeness (QED) is 0.787. The van der Waals surface area contributed by atoms with Crippen LogP contribution in [-0.4, -0.2) is 35.4 Å². The molecule has 1 aromatic carbocycles. The van der Waals surface area contributed by atoms with Crippen LogP contribution >= 0.6 is 23.2 Å². The number of halogens is 2. The molecule has 0 aliphatic carbocycles. The van der Waals surface area contributed by atoms with E-state index in [4.69, 9.17) is 27.9 Å². The number of nitrogens with zero attached hydrogens (tertiary/aromatic N) is 2. The van der Waals surface area contributed by atoms with Crippen LogP contribution in [0.5, 0.6) is 0 Å². The Bertz CT molecular complexity index is 771. The van der Waals surface area contributed by atoms with Gasteiger partial charge in [0.25, 0.3) is 0 Å². The molecule has 0 unspecified atom stereocenters. The van der Waals surface area contributed by atoms with Crippen molar-refractivity contribution < 1.29 is 19.1 Å². The smallest absolute Gasteiger partial charge is 0.344 e. The van der Waals surface area contributed by atoms with Gasteiger partial charge in [-0.3, -0.25) is 0 Å². The van der Waals surface area contributed by atoms with E-state index in [1.165, 1.54) is 13.2 Å². The lowest BCUT2D eigenvalue weighted by molar-refractivity contribution is -0.144. The number of methoxy groups -OCH3 is 1. The van der Waals surface area contributed by atoms with Crippen molar-refractivity contribution in [1.82, 2.24) is 9.78 Å². The lowest BCUT2D eigenvalue weighted by Gasteiger charge is -2.09. The molecule has 23 heavy (non-hydrogen) atoms. The van der Waals surface area contributed by atoms with Crippen molar-refractivity contribution in [2.45, 2.75) is 13.8 Å². The average molecular weight is 357 g/mol. The van der Waals surface area contributed by atoms with Gasteiger partial charge in [-0.05, 0) is 32.0 Å². The number of ether oxygens (including phenoxy) is 2. The van der Waals surface area contributed by atoms with Crippen LogP contribution in [0.3, 0.4) is 0 Å². The summed E-state index contributed by atoms with van der Waals surface area (Å²) >= 11 is 12.2. The topological polar surface area (TPSA) is 70.4 Å². The Morgan fingerprint density at radius 2 is 1.96 bits per heavy atom. The third-order valence-corrected chi connectivity index (χ3v) is 4.04. The molecule has 0 saturated heterocycles. The standard InChI is InChI=1S/C15H14Cl2N2O4/c1-8-14(17)9(2)19(18-8)10-4-5-12(16)11(6-10)15(21)23-7-13(20)22-3/h4-6H,7H2,1-3H3. The summed E-state index contributed by atoms with van der Waals surface area (Å²) in [7, 11) is 1.20. The number of rotatable bonds is 4. The van der Waals surface area contributed by atoms with Crippen molar-refractivity contribution in [3.8, 4) is 5.69 Å². The maximum Gasteiger partial charge on any atom is 0.344 e. The van der Waals surface area contributed by atoms with Crippen LogP contribution in [0, 0.1) is 13.8 Å². The van der Waals surface area contributed by atoms with Gasteiger partial charge in [-0.25, -0.2) is 14.3 Å². The molecule has 0 N–H and O–H groups in total. The first-order valence-corrected chi connectivity index (χ1v) is 7.36. The van der Waals surface area contributed by atoms with E-state index in [-0.39, 0.29) is 10.6 Å². The van der Waals surface area contributed by atoms with Gasteiger partial charge in [0.2, 0.25) is 0 Å². The molecule has 0 atom stereocenters. The van der Waals surface area contributed by atoms with E-state index in [2.05, 4.69) is 9.84 Å². The zero-order valence-electron chi connectivity index (χ0n) is 12.7. The lowest BCUT2D eigenvalue weighted by atomic mass is 10.2. The first-order chi connectivity index (χ1) is 10.8. The highest BCUT2D eigenvalue weighted by Gasteiger charge is 2.17. The largest absolute Gasteiger partial charge is 0.466 e. The first-order valence-electron chi connectivity index (χ1n) is 6.60. The van der Waals surface area contributed by atoms with Crippen LogP contribution in [0.15, 0.2) is 18.2 Å². The molecule has 1 aromatic heterocycles. The monoisotopic (exact) mass is 356 g/mol. The summed E-state index contributed by atoms with van der Waals surface area (Å²) in [5.41, 5.74) is 2.14. The summed E-state index contributed by atoms with van der Waals surface area (Å²) in [6.07, 6.45) is 0. The van der Waals surface area contributed by atoms with Gasteiger partial charge in [0.1, 0.15) is 0 Å². The molecule has 1 heterocycles. The Morgan fingerprint density at radius 1 is 1.26 bits per heavy atom. The van der Waals surface area contributed by atoms with E-state index in [1.54, 1.807) is 23.7 Å². The summed E-state index contributed by atoms with van der Waals surface area (Å²) in [6.45, 7) is 3.11. The van der Waals surface area contributed by atoms with Crippen LogP contribution in [0.1, 0.15) is 21.7 Å². The second-order valence-electron chi connectivity index (χ2n) is 4.71. The Labute approximate surface area is 142 Å². The van der Waals surface area contributed by atoms with Crippen molar-refractivity contribution in [2.24, 2.45) is 0 Å². The van der Waals surface area contributed by atoms with Gasteiger partial charge >= 0.3 is 11.9 Å². The molecule has 2 aromatic rings. The summed E-state index contributed by atoms with van der Waals surface area (Å²) in [4.78, 5) is 23.1. The Kier molecular flexibility index (Phi) is 5.28. The minimum absolute atomic E-state index is 0.122. The Morgan fingerprint density at radius 3 is 2.52 bits per heavy atom. The van der Waals surface area contributed by atoms with Crippen molar-refractivity contribution >= 4 is 35.1 Å². The minimum atomic E-state index is -0.727.